The molecule has 1 N–H and O–H groups in total. The second-order valence-corrected chi connectivity index (χ2v) is 7.69. The minimum atomic E-state index is 0.0102. The number of nitrogens with one attached hydrogen (secondary N) is 1. The number of benzene rings is 1. The number of thiazole rings is 1. The molecule has 0 spiro atoms. The van der Waals surface area contributed by atoms with Crippen LogP contribution in [-0.4, -0.2) is 34.9 Å². The summed E-state index contributed by atoms with van der Waals surface area (Å²) in [6.07, 6.45) is 5.17. The van der Waals surface area contributed by atoms with Gasteiger partial charge in [0.1, 0.15) is 0 Å². The van der Waals surface area contributed by atoms with E-state index >= 15 is 0 Å². The highest BCUT2D eigenvalue weighted by Gasteiger charge is 2.28. The number of nitrogens with zero attached hydrogens (tertiary/aromatic N) is 2. The minimum absolute atomic E-state index is 0.0102. The molecule has 1 fully saturated rings. The van der Waals surface area contributed by atoms with Gasteiger partial charge in [-0.3, -0.25) is 9.69 Å². The Hall–Kier alpha value is -1.72. The molecule has 0 aliphatic carbocycles. The maximum atomic E-state index is 12.6. The number of hydrogen-bond donors (Lipinski definition) is 1. The van der Waals surface area contributed by atoms with E-state index in [0.29, 0.717) is 0 Å². The maximum Gasteiger partial charge on any atom is 0.237 e. The van der Waals surface area contributed by atoms with Gasteiger partial charge in [0.2, 0.25) is 5.91 Å². The summed E-state index contributed by atoms with van der Waals surface area (Å²) in [5, 5.41) is 6.38. The van der Waals surface area contributed by atoms with Crippen LogP contribution in [0.1, 0.15) is 41.9 Å². The highest BCUT2D eigenvalue weighted by molar-refractivity contribution is 7.09. The first-order valence-corrected chi connectivity index (χ1v) is 10.1. The van der Waals surface area contributed by atoms with E-state index in [9.17, 15) is 4.79 Å². The van der Waals surface area contributed by atoms with Gasteiger partial charge >= 0.3 is 0 Å². The van der Waals surface area contributed by atoms with Crippen LogP contribution in [0.2, 0.25) is 0 Å². The quantitative estimate of drug-likeness (QED) is 0.771. The van der Waals surface area contributed by atoms with Gasteiger partial charge in [-0.1, -0.05) is 36.8 Å². The zero-order chi connectivity index (χ0) is 17.5. The van der Waals surface area contributed by atoms with Gasteiger partial charge in [-0.15, -0.1) is 11.3 Å². The van der Waals surface area contributed by atoms with Crippen molar-refractivity contribution < 1.29 is 4.79 Å². The first kappa shape index (κ1) is 18.1. The van der Waals surface area contributed by atoms with Gasteiger partial charge in [-0.25, -0.2) is 4.98 Å². The third-order valence-corrected chi connectivity index (χ3v) is 5.70. The Balaban J connectivity index is 1.47. The Labute approximate surface area is 154 Å². The zero-order valence-electron chi connectivity index (χ0n) is 14.9. The summed E-state index contributed by atoms with van der Waals surface area (Å²) in [6, 6.07) is 10.5. The lowest BCUT2D eigenvalue weighted by atomic mass is 10.0. The summed E-state index contributed by atoms with van der Waals surface area (Å²) < 4.78 is 0. The highest BCUT2D eigenvalue weighted by atomic mass is 32.1. The van der Waals surface area contributed by atoms with Crippen LogP contribution in [0.3, 0.4) is 0 Å². The number of likely N-dealkylation sites (tertiary alicyclic amines) is 1. The predicted molar refractivity (Wildman–Crippen MR) is 103 cm³/mol. The highest BCUT2D eigenvalue weighted by Crippen LogP contribution is 2.20. The molecule has 1 aromatic heterocycles. The van der Waals surface area contributed by atoms with Crippen LogP contribution in [0.4, 0.5) is 0 Å². The molecule has 134 valence electrons. The van der Waals surface area contributed by atoms with Gasteiger partial charge in [-0.2, -0.15) is 0 Å². The van der Waals surface area contributed by atoms with Crippen LogP contribution in [0.15, 0.2) is 35.7 Å². The largest absolute Gasteiger partial charge is 0.355 e. The van der Waals surface area contributed by atoms with Crippen LogP contribution in [0.25, 0.3) is 0 Å². The number of amides is 1. The summed E-state index contributed by atoms with van der Waals surface area (Å²) in [4.78, 5) is 19.5. The van der Waals surface area contributed by atoms with Gasteiger partial charge in [0.15, 0.2) is 0 Å². The Kier molecular flexibility index (Phi) is 6.59. The van der Waals surface area contributed by atoms with Crippen molar-refractivity contribution in [2.24, 2.45) is 0 Å². The van der Waals surface area contributed by atoms with E-state index in [0.717, 1.165) is 56.0 Å². The Morgan fingerprint density at radius 2 is 2.16 bits per heavy atom. The van der Waals surface area contributed by atoms with Crippen LogP contribution in [-0.2, 0) is 17.8 Å². The van der Waals surface area contributed by atoms with E-state index in [1.54, 1.807) is 11.3 Å². The average molecular weight is 358 g/mol. The van der Waals surface area contributed by atoms with Crippen LogP contribution >= 0.6 is 11.3 Å². The molecule has 1 aliphatic rings. The van der Waals surface area contributed by atoms with Crippen molar-refractivity contribution >= 4 is 17.2 Å². The molecule has 1 amide bonds. The molecule has 2 heterocycles. The predicted octanol–water partition coefficient (Wildman–Crippen LogP) is 3.56. The third kappa shape index (κ3) is 5.38. The van der Waals surface area contributed by atoms with Crippen LogP contribution in [0.5, 0.6) is 0 Å². The molecule has 0 saturated carbocycles. The number of aryl methyl sites for hydroxylation is 2. The number of piperidine rings is 1. The fourth-order valence-electron chi connectivity index (χ4n) is 3.38. The molecule has 4 nitrogen and oxygen atoms in total. The van der Waals surface area contributed by atoms with E-state index < -0.39 is 0 Å². The lowest BCUT2D eigenvalue weighted by Crippen LogP contribution is -2.49. The maximum absolute atomic E-state index is 12.6. The van der Waals surface area contributed by atoms with Crippen molar-refractivity contribution in [1.29, 1.82) is 0 Å². The molecule has 1 saturated heterocycles. The minimum Gasteiger partial charge on any atom is -0.355 e. The molecule has 25 heavy (non-hydrogen) atoms. The topological polar surface area (TPSA) is 45.2 Å². The van der Waals surface area contributed by atoms with E-state index in [-0.39, 0.29) is 11.9 Å². The molecular formula is C20H27N3OS. The fourth-order valence-corrected chi connectivity index (χ4v) is 4.20. The summed E-state index contributed by atoms with van der Waals surface area (Å²) >= 11 is 1.71. The zero-order valence-corrected chi connectivity index (χ0v) is 15.7. The molecular weight excluding hydrogens is 330 g/mol. The van der Waals surface area contributed by atoms with Crippen molar-refractivity contribution in [3.8, 4) is 0 Å². The Bertz CT molecular complexity index is 671. The van der Waals surface area contributed by atoms with E-state index in [1.165, 1.54) is 12.0 Å². The van der Waals surface area contributed by atoms with Crippen molar-refractivity contribution in [1.82, 2.24) is 15.2 Å². The van der Waals surface area contributed by atoms with Crippen LogP contribution in [0, 0.1) is 6.92 Å². The molecule has 2 aromatic rings. The van der Waals surface area contributed by atoms with Crippen LogP contribution < -0.4 is 5.32 Å². The third-order valence-electron chi connectivity index (χ3n) is 4.68. The molecule has 5 heteroatoms. The molecule has 0 bridgehead atoms. The molecule has 1 aliphatic heterocycles. The number of carbonyl (C=O) groups excluding carboxylic acids is 1. The van der Waals surface area contributed by atoms with Gasteiger partial charge < -0.3 is 5.32 Å². The molecule has 0 unspecified atom stereocenters. The van der Waals surface area contributed by atoms with Gasteiger partial charge in [-0.05, 0) is 38.3 Å². The monoisotopic (exact) mass is 357 g/mol. The molecule has 3 rings (SSSR count). The molecule has 1 atom stereocenters. The van der Waals surface area contributed by atoms with E-state index in [4.69, 9.17) is 0 Å². The van der Waals surface area contributed by atoms with Crippen molar-refractivity contribution in [3.05, 3.63) is 52.0 Å². The lowest BCUT2D eigenvalue weighted by Gasteiger charge is -2.34. The molecule has 0 radical (unpaired) electrons. The van der Waals surface area contributed by atoms with Crippen molar-refractivity contribution in [3.63, 3.8) is 0 Å². The first-order valence-electron chi connectivity index (χ1n) is 9.19. The normalized spacial score (nSPS) is 18.2. The smallest absolute Gasteiger partial charge is 0.237 e. The first-order chi connectivity index (χ1) is 12.2. The summed E-state index contributed by atoms with van der Waals surface area (Å²) in [5.74, 6) is 0.186. The van der Waals surface area contributed by atoms with Crippen molar-refractivity contribution in [2.45, 2.75) is 51.6 Å². The van der Waals surface area contributed by atoms with E-state index in [2.05, 4.69) is 44.8 Å². The number of rotatable bonds is 7. The summed E-state index contributed by atoms with van der Waals surface area (Å²) in [7, 11) is 0. The number of carbonyl (C=O) groups is 1. The summed E-state index contributed by atoms with van der Waals surface area (Å²) in [5.41, 5.74) is 2.36. The van der Waals surface area contributed by atoms with Crippen molar-refractivity contribution in [2.75, 3.05) is 13.1 Å². The Morgan fingerprint density at radius 3 is 2.92 bits per heavy atom. The standard InChI is InChI=1S/C20H27N3OS/c1-16-15-25-19(22-16)11-7-12-21-20(24)18-10-5-6-13-23(18)14-17-8-3-2-4-9-17/h2-4,8-9,15,18H,5-7,10-14H2,1H3,(H,21,24)/t18-/m1/s1. The molecule has 1 aromatic carbocycles. The number of hydrogen-bond acceptors (Lipinski definition) is 4. The fraction of sp³-hybridized carbons (Fsp3) is 0.500. The van der Waals surface area contributed by atoms with Gasteiger partial charge in [0.05, 0.1) is 11.0 Å². The van der Waals surface area contributed by atoms with Gasteiger partial charge in [0.25, 0.3) is 0 Å². The van der Waals surface area contributed by atoms with Gasteiger partial charge in [0, 0.05) is 30.6 Å². The second kappa shape index (κ2) is 9.11. The number of aromatic nitrogens is 1. The average Bonchev–Trinajstić information content (AvgIpc) is 3.05. The summed E-state index contributed by atoms with van der Waals surface area (Å²) in [6.45, 7) is 4.61. The lowest BCUT2D eigenvalue weighted by molar-refractivity contribution is -0.127. The SMILES string of the molecule is Cc1csc(CCCNC(=O)[C@H]2CCCCN2Cc2ccccc2)n1. The Morgan fingerprint density at radius 1 is 1.32 bits per heavy atom. The van der Waals surface area contributed by atoms with E-state index in [1.807, 2.05) is 13.0 Å². The second-order valence-electron chi connectivity index (χ2n) is 6.74.